The van der Waals surface area contributed by atoms with Crippen molar-refractivity contribution in [2.24, 2.45) is 5.92 Å². The summed E-state index contributed by atoms with van der Waals surface area (Å²) >= 11 is 1.70. The van der Waals surface area contributed by atoms with Crippen molar-refractivity contribution in [1.82, 2.24) is 15.3 Å². The lowest BCUT2D eigenvalue weighted by Gasteiger charge is -2.32. The molecule has 2 heterocycles. The molecule has 1 amide bonds. The van der Waals surface area contributed by atoms with Crippen molar-refractivity contribution >= 4 is 23.6 Å². The third kappa shape index (κ3) is 5.41. The standard InChI is InChI=1S/C24H25FN4OS/c1-31-22-9-7-17(8-10-22)13-26-23(30)19-5-3-11-29(16-19)24-27-14-20(15-28-24)18-4-2-6-21(25)12-18/h2,4,6-10,12,14-15,19H,3,5,11,13,16H2,1H3,(H,26,30)/t19-/m0/s1. The number of hydrogen-bond acceptors (Lipinski definition) is 5. The van der Waals surface area contributed by atoms with Crippen molar-refractivity contribution in [2.75, 3.05) is 24.2 Å². The first-order chi connectivity index (χ1) is 15.1. The smallest absolute Gasteiger partial charge is 0.225 e. The molecule has 7 heteroatoms. The quantitative estimate of drug-likeness (QED) is 0.575. The topological polar surface area (TPSA) is 58.1 Å². The van der Waals surface area contributed by atoms with E-state index < -0.39 is 0 Å². The van der Waals surface area contributed by atoms with Gasteiger partial charge in [0.2, 0.25) is 11.9 Å². The summed E-state index contributed by atoms with van der Waals surface area (Å²) in [7, 11) is 0. The van der Waals surface area contributed by atoms with Crippen LogP contribution >= 0.6 is 11.8 Å². The number of rotatable bonds is 6. The second-order valence-electron chi connectivity index (χ2n) is 7.63. The van der Waals surface area contributed by atoms with Crippen molar-refractivity contribution < 1.29 is 9.18 Å². The van der Waals surface area contributed by atoms with Gasteiger partial charge < -0.3 is 10.2 Å². The highest BCUT2D eigenvalue weighted by atomic mass is 32.2. The van der Waals surface area contributed by atoms with Crippen LogP contribution in [-0.4, -0.2) is 35.2 Å². The molecule has 0 spiro atoms. The maximum atomic E-state index is 13.5. The molecule has 1 fully saturated rings. The van der Waals surface area contributed by atoms with Crippen LogP contribution in [0.3, 0.4) is 0 Å². The summed E-state index contributed by atoms with van der Waals surface area (Å²) in [5.74, 6) is 0.290. The van der Waals surface area contributed by atoms with E-state index in [0.717, 1.165) is 36.1 Å². The van der Waals surface area contributed by atoms with Crippen LogP contribution in [0.1, 0.15) is 18.4 Å². The van der Waals surface area contributed by atoms with Crippen LogP contribution < -0.4 is 10.2 Å². The largest absolute Gasteiger partial charge is 0.352 e. The fourth-order valence-electron chi connectivity index (χ4n) is 3.75. The predicted molar refractivity (Wildman–Crippen MR) is 122 cm³/mol. The Bertz CT molecular complexity index is 1030. The van der Waals surface area contributed by atoms with Gasteiger partial charge in [0.05, 0.1) is 5.92 Å². The molecule has 1 saturated heterocycles. The van der Waals surface area contributed by atoms with Gasteiger partial charge in [0.1, 0.15) is 5.82 Å². The van der Waals surface area contributed by atoms with Crippen molar-refractivity contribution in [2.45, 2.75) is 24.3 Å². The highest BCUT2D eigenvalue weighted by Crippen LogP contribution is 2.23. The van der Waals surface area contributed by atoms with Crippen molar-refractivity contribution in [3.63, 3.8) is 0 Å². The second-order valence-corrected chi connectivity index (χ2v) is 8.51. The molecule has 1 atom stereocenters. The zero-order valence-electron chi connectivity index (χ0n) is 17.4. The zero-order valence-corrected chi connectivity index (χ0v) is 18.2. The molecule has 2 aromatic carbocycles. The number of benzene rings is 2. The maximum Gasteiger partial charge on any atom is 0.225 e. The van der Waals surface area contributed by atoms with E-state index in [1.54, 1.807) is 30.2 Å². The van der Waals surface area contributed by atoms with Gasteiger partial charge in [0, 0.05) is 42.5 Å². The molecule has 5 nitrogen and oxygen atoms in total. The molecule has 3 aromatic rings. The molecule has 0 aliphatic carbocycles. The van der Waals surface area contributed by atoms with Crippen LogP contribution in [-0.2, 0) is 11.3 Å². The fourth-order valence-corrected chi connectivity index (χ4v) is 4.16. The van der Waals surface area contributed by atoms with Gasteiger partial charge in [-0.15, -0.1) is 11.8 Å². The number of carbonyl (C=O) groups excluding carboxylic acids is 1. The number of piperidine rings is 1. The van der Waals surface area contributed by atoms with E-state index in [9.17, 15) is 9.18 Å². The van der Waals surface area contributed by atoms with Gasteiger partial charge in [0.25, 0.3) is 0 Å². The number of nitrogens with zero attached hydrogens (tertiary/aromatic N) is 3. The number of carbonyl (C=O) groups is 1. The first-order valence-corrected chi connectivity index (χ1v) is 11.6. The molecule has 31 heavy (non-hydrogen) atoms. The lowest BCUT2D eigenvalue weighted by atomic mass is 9.97. The molecule has 0 saturated carbocycles. The van der Waals surface area contributed by atoms with Crippen molar-refractivity contribution in [3.8, 4) is 11.1 Å². The molecule has 1 aliphatic rings. The van der Waals surface area contributed by atoms with Crippen LogP contribution in [0.25, 0.3) is 11.1 Å². The summed E-state index contributed by atoms with van der Waals surface area (Å²) in [6.45, 7) is 1.94. The van der Waals surface area contributed by atoms with Gasteiger partial charge in [-0.3, -0.25) is 4.79 Å². The highest BCUT2D eigenvalue weighted by molar-refractivity contribution is 7.98. The Morgan fingerprint density at radius 2 is 1.94 bits per heavy atom. The summed E-state index contributed by atoms with van der Waals surface area (Å²) in [4.78, 5) is 24.9. The van der Waals surface area contributed by atoms with E-state index in [4.69, 9.17) is 0 Å². The number of thioether (sulfide) groups is 1. The van der Waals surface area contributed by atoms with Crippen LogP contribution in [0.4, 0.5) is 10.3 Å². The van der Waals surface area contributed by atoms with Gasteiger partial charge in [-0.1, -0.05) is 24.3 Å². The molecular formula is C24H25FN4OS. The van der Waals surface area contributed by atoms with E-state index in [1.165, 1.54) is 17.0 Å². The molecule has 0 radical (unpaired) electrons. The lowest BCUT2D eigenvalue weighted by Crippen LogP contribution is -2.43. The van der Waals surface area contributed by atoms with Crippen LogP contribution in [0.2, 0.25) is 0 Å². The maximum absolute atomic E-state index is 13.5. The Kier molecular flexibility index (Phi) is 6.82. The summed E-state index contributed by atoms with van der Waals surface area (Å²) in [6, 6.07) is 14.6. The molecule has 0 unspecified atom stereocenters. The van der Waals surface area contributed by atoms with Gasteiger partial charge >= 0.3 is 0 Å². The second kappa shape index (κ2) is 9.92. The molecular weight excluding hydrogens is 411 g/mol. The third-order valence-electron chi connectivity index (χ3n) is 5.50. The van der Waals surface area contributed by atoms with Crippen LogP contribution in [0, 0.1) is 11.7 Å². The number of hydrogen-bond donors (Lipinski definition) is 1. The van der Waals surface area contributed by atoms with Gasteiger partial charge in [-0.2, -0.15) is 0 Å². The third-order valence-corrected chi connectivity index (χ3v) is 6.24. The highest BCUT2D eigenvalue weighted by Gasteiger charge is 2.27. The Hall–Kier alpha value is -2.93. The molecule has 160 valence electrons. The summed E-state index contributed by atoms with van der Waals surface area (Å²) in [5, 5.41) is 3.07. The van der Waals surface area contributed by atoms with Crippen molar-refractivity contribution in [1.29, 1.82) is 0 Å². The number of nitrogens with one attached hydrogen (secondary N) is 1. The van der Waals surface area contributed by atoms with E-state index >= 15 is 0 Å². The molecule has 1 aromatic heterocycles. The van der Waals surface area contributed by atoms with E-state index in [2.05, 4.69) is 32.3 Å². The summed E-state index contributed by atoms with van der Waals surface area (Å²) in [5.41, 5.74) is 2.60. The number of anilines is 1. The Balaban J connectivity index is 1.35. The number of amides is 1. The summed E-state index contributed by atoms with van der Waals surface area (Å²) < 4.78 is 13.5. The predicted octanol–water partition coefficient (Wildman–Crippen LogP) is 4.54. The van der Waals surface area contributed by atoms with Gasteiger partial charge in [-0.05, 0) is 54.5 Å². The SMILES string of the molecule is CSc1ccc(CNC(=O)[C@H]2CCCN(c3ncc(-c4cccc(F)c4)cn3)C2)cc1. The van der Waals surface area contributed by atoms with E-state index in [1.807, 2.05) is 24.5 Å². The van der Waals surface area contributed by atoms with Gasteiger partial charge in [-0.25, -0.2) is 14.4 Å². The fraction of sp³-hybridized carbons (Fsp3) is 0.292. The number of halogens is 1. The minimum Gasteiger partial charge on any atom is -0.352 e. The Morgan fingerprint density at radius 1 is 1.16 bits per heavy atom. The molecule has 1 aliphatic heterocycles. The average Bonchev–Trinajstić information content (AvgIpc) is 2.83. The average molecular weight is 437 g/mol. The molecule has 0 bridgehead atoms. The summed E-state index contributed by atoms with van der Waals surface area (Å²) in [6.07, 6.45) is 7.23. The first kappa shape index (κ1) is 21.3. The van der Waals surface area contributed by atoms with Gasteiger partial charge in [0.15, 0.2) is 0 Å². The molecule has 4 rings (SSSR count). The van der Waals surface area contributed by atoms with Crippen LogP contribution in [0.15, 0.2) is 65.8 Å². The minimum absolute atomic E-state index is 0.0648. The van der Waals surface area contributed by atoms with Crippen LogP contribution in [0.5, 0.6) is 0 Å². The Labute approximate surface area is 186 Å². The normalized spacial score (nSPS) is 16.2. The zero-order chi connectivity index (χ0) is 21.6. The first-order valence-electron chi connectivity index (χ1n) is 10.4. The lowest BCUT2D eigenvalue weighted by molar-refractivity contribution is -0.125. The van der Waals surface area contributed by atoms with Crippen molar-refractivity contribution in [3.05, 3.63) is 72.3 Å². The van der Waals surface area contributed by atoms with E-state index in [-0.39, 0.29) is 17.6 Å². The Morgan fingerprint density at radius 3 is 2.65 bits per heavy atom. The molecule has 1 N–H and O–H groups in total. The monoisotopic (exact) mass is 436 g/mol. The number of aromatic nitrogens is 2. The van der Waals surface area contributed by atoms with E-state index in [0.29, 0.717) is 19.0 Å². The minimum atomic E-state index is -0.286.